The lowest BCUT2D eigenvalue weighted by Crippen LogP contribution is -2.49. The van der Waals surface area contributed by atoms with Crippen molar-refractivity contribution in [3.05, 3.63) is 0 Å². The Morgan fingerprint density at radius 3 is 2.72 bits per heavy atom. The summed E-state index contributed by atoms with van der Waals surface area (Å²) in [6.45, 7) is 8.66. The Bertz CT molecular complexity index is 252. The first-order valence-corrected chi connectivity index (χ1v) is 7.35. The van der Waals surface area contributed by atoms with Crippen LogP contribution in [0.25, 0.3) is 0 Å². The van der Waals surface area contributed by atoms with Gasteiger partial charge in [0, 0.05) is 25.7 Å². The number of nitrogens with zero attached hydrogens (tertiary/aromatic N) is 1. The van der Waals surface area contributed by atoms with Gasteiger partial charge in [-0.25, -0.2) is 0 Å². The van der Waals surface area contributed by atoms with E-state index in [0.29, 0.717) is 19.2 Å². The molecule has 0 aromatic carbocycles. The van der Waals surface area contributed by atoms with E-state index in [-0.39, 0.29) is 11.7 Å². The number of ether oxygens (including phenoxy) is 2. The maximum atomic E-state index is 6.13. The Morgan fingerprint density at radius 2 is 2.11 bits per heavy atom. The molecule has 106 valence electrons. The number of morpholine rings is 1. The van der Waals surface area contributed by atoms with E-state index in [0.717, 1.165) is 32.5 Å². The third-order valence-electron chi connectivity index (χ3n) is 4.36. The van der Waals surface area contributed by atoms with Crippen LogP contribution in [0.4, 0.5) is 0 Å². The molecule has 4 heteroatoms. The zero-order valence-electron chi connectivity index (χ0n) is 11.9. The van der Waals surface area contributed by atoms with Gasteiger partial charge in [-0.05, 0) is 26.7 Å². The summed E-state index contributed by atoms with van der Waals surface area (Å²) in [4.78, 5) is 2.46. The van der Waals surface area contributed by atoms with Gasteiger partial charge in [0.25, 0.3) is 0 Å². The van der Waals surface area contributed by atoms with Crippen LogP contribution in [0.5, 0.6) is 0 Å². The molecule has 1 aliphatic carbocycles. The first kappa shape index (κ1) is 14.3. The summed E-state index contributed by atoms with van der Waals surface area (Å²) >= 11 is 0. The van der Waals surface area contributed by atoms with Crippen LogP contribution in [0.2, 0.25) is 0 Å². The molecule has 1 saturated heterocycles. The third kappa shape index (κ3) is 3.44. The van der Waals surface area contributed by atoms with E-state index < -0.39 is 0 Å². The van der Waals surface area contributed by atoms with Gasteiger partial charge >= 0.3 is 0 Å². The van der Waals surface area contributed by atoms with Gasteiger partial charge in [-0.3, -0.25) is 4.90 Å². The molecule has 4 nitrogen and oxygen atoms in total. The Balaban J connectivity index is 1.78. The summed E-state index contributed by atoms with van der Waals surface area (Å²) in [5.74, 6) is 0. The minimum atomic E-state index is -0.0521. The van der Waals surface area contributed by atoms with Crippen molar-refractivity contribution in [3.63, 3.8) is 0 Å². The molecule has 0 bridgehead atoms. The van der Waals surface area contributed by atoms with E-state index in [1.165, 1.54) is 12.8 Å². The van der Waals surface area contributed by atoms with Crippen LogP contribution in [0.15, 0.2) is 0 Å². The summed E-state index contributed by atoms with van der Waals surface area (Å²) in [6.07, 6.45) is 4.95. The molecule has 2 N–H and O–H groups in total. The first-order valence-electron chi connectivity index (χ1n) is 7.35. The van der Waals surface area contributed by atoms with Crippen molar-refractivity contribution >= 4 is 0 Å². The molecule has 0 radical (unpaired) electrons. The van der Waals surface area contributed by atoms with E-state index >= 15 is 0 Å². The monoisotopic (exact) mass is 256 g/mol. The maximum Gasteiger partial charge on any atom is 0.0936 e. The fourth-order valence-electron chi connectivity index (χ4n) is 3.01. The molecule has 2 rings (SSSR count). The second kappa shape index (κ2) is 6.33. The smallest absolute Gasteiger partial charge is 0.0936 e. The molecule has 1 aliphatic heterocycles. The highest BCUT2D eigenvalue weighted by Crippen LogP contribution is 2.32. The van der Waals surface area contributed by atoms with Crippen LogP contribution in [0.3, 0.4) is 0 Å². The number of rotatable bonds is 5. The zero-order chi connectivity index (χ0) is 13.0. The lowest BCUT2D eigenvalue weighted by molar-refractivity contribution is -0.118. The van der Waals surface area contributed by atoms with Crippen molar-refractivity contribution in [2.75, 3.05) is 32.8 Å². The van der Waals surface area contributed by atoms with Crippen LogP contribution in [0.1, 0.15) is 39.5 Å². The highest BCUT2D eigenvalue weighted by molar-refractivity contribution is 4.88. The SMILES string of the molecule is CC(C)N1CCOC(COC2(CN)CCCC2)C1. The van der Waals surface area contributed by atoms with Crippen LogP contribution in [-0.2, 0) is 9.47 Å². The number of hydrogen-bond acceptors (Lipinski definition) is 4. The van der Waals surface area contributed by atoms with Crippen molar-refractivity contribution in [2.24, 2.45) is 5.73 Å². The molecule has 18 heavy (non-hydrogen) atoms. The van der Waals surface area contributed by atoms with E-state index in [1.54, 1.807) is 0 Å². The second-order valence-corrected chi connectivity index (χ2v) is 5.99. The largest absolute Gasteiger partial charge is 0.373 e. The summed E-state index contributed by atoms with van der Waals surface area (Å²) < 4.78 is 11.9. The normalized spacial score (nSPS) is 29.0. The Kier molecular flexibility index (Phi) is 5.01. The highest BCUT2D eigenvalue weighted by atomic mass is 16.5. The predicted octanol–water partition coefficient (Wildman–Crippen LogP) is 1.38. The zero-order valence-corrected chi connectivity index (χ0v) is 11.9. The minimum absolute atomic E-state index is 0.0521. The first-order chi connectivity index (χ1) is 8.65. The molecule has 0 aromatic heterocycles. The molecular weight excluding hydrogens is 228 g/mol. The van der Waals surface area contributed by atoms with E-state index in [4.69, 9.17) is 15.2 Å². The Hall–Kier alpha value is -0.160. The molecule has 0 spiro atoms. The number of hydrogen-bond donors (Lipinski definition) is 1. The van der Waals surface area contributed by atoms with Gasteiger partial charge in [0.15, 0.2) is 0 Å². The lowest BCUT2D eigenvalue weighted by atomic mass is 10.0. The van der Waals surface area contributed by atoms with Gasteiger partial charge in [-0.15, -0.1) is 0 Å². The van der Waals surface area contributed by atoms with Gasteiger partial charge in [0.1, 0.15) is 0 Å². The molecule has 1 saturated carbocycles. The topological polar surface area (TPSA) is 47.7 Å². The summed E-state index contributed by atoms with van der Waals surface area (Å²) in [7, 11) is 0. The van der Waals surface area contributed by atoms with Crippen LogP contribution >= 0.6 is 0 Å². The quantitative estimate of drug-likeness (QED) is 0.807. The van der Waals surface area contributed by atoms with Crippen molar-refractivity contribution in [2.45, 2.75) is 57.3 Å². The fourth-order valence-corrected chi connectivity index (χ4v) is 3.01. The minimum Gasteiger partial charge on any atom is -0.373 e. The van der Waals surface area contributed by atoms with Gasteiger partial charge in [-0.2, -0.15) is 0 Å². The molecule has 2 fully saturated rings. The molecular formula is C14H28N2O2. The third-order valence-corrected chi connectivity index (χ3v) is 4.36. The highest BCUT2D eigenvalue weighted by Gasteiger charge is 2.34. The molecule has 1 unspecified atom stereocenters. The van der Waals surface area contributed by atoms with Crippen LogP contribution < -0.4 is 5.73 Å². The van der Waals surface area contributed by atoms with Crippen LogP contribution in [-0.4, -0.2) is 55.5 Å². The fraction of sp³-hybridized carbons (Fsp3) is 1.00. The van der Waals surface area contributed by atoms with Crippen molar-refractivity contribution in [1.29, 1.82) is 0 Å². The molecule has 1 atom stereocenters. The average molecular weight is 256 g/mol. The average Bonchev–Trinajstić information content (AvgIpc) is 2.86. The molecule has 2 aliphatic rings. The van der Waals surface area contributed by atoms with Crippen molar-refractivity contribution < 1.29 is 9.47 Å². The maximum absolute atomic E-state index is 6.13. The van der Waals surface area contributed by atoms with Gasteiger partial charge in [0.05, 0.1) is 24.9 Å². The van der Waals surface area contributed by atoms with Gasteiger partial charge in [-0.1, -0.05) is 12.8 Å². The van der Waals surface area contributed by atoms with Gasteiger partial charge < -0.3 is 15.2 Å². The van der Waals surface area contributed by atoms with Crippen LogP contribution in [0, 0.1) is 0 Å². The summed E-state index contributed by atoms with van der Waals surface area (Å²) in [6, 6.07) is 0.589. The number of nitrogens with two attached hydrogens (primary N) is 1. The van der Waals surface area contributed by atoms with E-state index in [1.807, 2.05) is 0 Å². The summed E-state index contributed by atoms with van der Waals surface area (Å²) in [5, 5.41) is 0. The molecule has 0 amide bonds. The Morgan fingerprint density at radius 1 is 1.39 bits per heavy atom. The van der Waals surface area contributed by atoms with Gasteiger partial charge in [0.2, 0.25) is 0 Å². The standard InChI is InChI=1S/C14H28N2O2/c1-12(2)16-7-8-17-13(9-16)10-18-14(11-15)5-3-4-6-14/h12-13H,3-11,15H2,1-2H3. The van der Waals surface area contributed by atoms with E-state index in [2.05, 4.69) is 18.7 Å². The summed E-state index contributed by atoms with van der Waals surface area (Å²) in [5.41, 5.74) is 5.83. The second-order valence-electron chi connectivity index (χ2n) is 5.99. The van der Waals surface area contributed by atoms with Crippen molar-refractivity contribution in [3.8, 4) is 0 Å². The molecule has 1 heterocycles. The lowest BCUT2D eigenvalue weighted by Gasteiger charge is -2.37. The van der Waals surface area contributed by atoms with Crippen molar-refractivity contribution in [1.82, 2.24) is 4.90 Å². The Labute approximate surface area is 111 Å². The van der Waals surface area contributed by atoms with E-state index in [9.17, 15) is 0 Å². The predicted molar refractivity (Wildman–Crippen MR) is 72.7 cm³/mol. The molecule has 0 aromatic rings.